The maximum Gasteiger partial charge on any atom is 0.223 e. The van der Waals surface area contributed by atoms with E-state index in [0.717, 1.165) is 43.7 Å². The lowest BCUT2D eigenvalue weighted by atomic mass is 10.00. The molecule has 0 aliphatic carbocycles. The molecule has 1 aliphatic heterocycles. The molecule has 0 bridgehead atoms. The van der Waals surface area contributed by atoms with E-state index in [1.165, 1.54) is 0 Å². The van der Waals surface area contributed by atoms with Gasteiger partial charge < -0.3 is 14.6 Å². The molecule has 1 aliphatic rings. The van der Waals surface area contributed by atoms with E-state index in [4.69, 9.17) is 0 Å². The third-order valence-electron chi connectivity index (χ3n) is 4.77. The van der Waals surface area contributed by atoms with Crippen molar-refractivity contribution in [2.45, 2.75) is 51.6 Å². The summed E-state index contributed by atoms with van der Waals surface area (Å²) in [5.74, 6) is 1.46. The van der Waals surface area contributed by atoms with Crippen LogP contribution in [0.4, 0.5) is 0 Å². The molecule has 1 saturated heterocycles. The van der Waals surface area contributed by atoms with Gasteiger partial charge in [0.2, 0.25) is 5.91 Å². The third-order valence-corrected chi connectivity index (χ3v) is 4.77. The van der Waals surface area contributed by atoms with Crippen LogP contribution in [0.25, 0.3) is 0 Å². The van der Waals surface area contributed by atoms with E-state index in [-0.39, 0.29) is 17.7 Å². The van der Waals surface area contributed by atoms with Gasteiger partial charge >= 0.3 is 0 Å². The Balaban J connectivity index is 1.68. The van der Waals surface area contributed by atoms with Gasteiger partial charge in [-0.1, -0.05) is 12.1 Å². The molecule has 0 saturated carbocycles. The zero-order valence-electron chi connectivity index (χ0n) is 14.2. The summed E-state index contributed by atoms with van der Waals surface area (Å²) in [6.07, 6.45) is 8.20. The van der Waals surface area contributed by atoms with E-state index >= 15 is 0 Å². The van der Waals surface area contributed by atoms with Crippen LogP contribution in [-0.4, -0.2) is 32.0 Å². The number of carbonyl (C=O) groups is 1. The standard InChI is InChI=1S/C19H25N3O2/c1-2-21-14-12-20-19(21)17-5-3-4-13-22(17)18(24)11-8-15-6-9-16(23)10-7-15/h6-7,9-10,12,14,17,23H,2-5,8,11,13H2,1H3. The summed E-state index contributed by atoms with van der Waals surface area (Å²) in [7, 11) is 0. The molecule has 1 unspecified atom stereocenters. The second kappa shape index (κ2) is 7.51. The Kier molecular flexibility index (Phi) is 5.18. The maximum atomic E-state index is 12.8. The summed E-state index contributed by atoms with van der Waals surface area (Å²) in [4.78, 5) is 19.3. The summed E-state index contributed by atoms with van der Waals surface area (Å²) in [5.41, 5.74) is 1.07. The van der Waals surface area contributed by atoms with Crippen LogP contribution < -0.4 is 0 Å². The number of aromatic nitrogens is 2. The first-order valence-electron chi connectivity index (χ1n) is 8.77. The molecule has 128 valence electrons. The molecule has 5 nitrogen and oxygen atoms in total. The second-order valence-corrected chi connectivity index (χ2v) is 6.34. The number of amides is 1. The van der Waals surface area contributed by atoms with Crippen molar-refractivity contribution in [2.24, 2.45) is 0 Å². The Morgan fingerprint density at radius 1 is 1.29 bits per heavy atom. The molecule has 1 atom stereocenters. The minimum atomic E-state index is 0.0982. The van der Waals surface area contributed by atoms with E-state index in [2.05, 4.69) is 16.5 Å². The van der Waals surface area contributed by atoms with Crippen molar-refractivity contribution in [3.63, 3.8) is 0 Å². The first kappa shape index (κ1) is 16.6. The molecular formula is C19H25N3O2. The van der Waals surface area contributed by atoms with Crippen molar-refractivity contribution in [2.75, 3.05) is 6.54 Å². The number of carbonyl (C=O) groups excluding carboxylic acids is 1. The van der Waals surface area contributed by atoms with Gasteiger partial charge in [-0.05, 0) is 50.3 Å². The molecule has 1 aromatic heterocycles. The summed E-state index contributed by atoms with van der Waals surface area (Å²) >= 11 is 0. The second-order valence-electron chi connectivity index (χ2n) is 6.34. The van der Waals surface area contributed by atoms with Crippen LogP contribution in [-0.2, 0) is 17.8 Å². The summed E-state index contributed by atoms with van der Waals surface area (Å²) in [6.45, 7) is 3.79. The third kappa shape index (κ3) is 3.61. The zero-order chi connectivity index (χ0) is 16.9. The van der Waals surface area contributed by atoms with Gasteiger partial charge in [0, 0.05) is 31.9 Å². The van der Waals surface area contributed by atoms with Gasteiger partial charge in [-0.15, -0.1) is 0 Å². The molecule has 2 heterocycles. The smallest absolute Gasteiger partial charge is 0.223 e. The number of hydrogen-bond acceptors (Lipinski definition) is 3. The van der Waals surface area contributed by atoms with Crippen LogP contribution in [0.15, 0.2) is 36.7 Å². The highest BCUT2D eigenvalue weighted by Gasteiger charge is 2.30. The van der Waals surface area contributed by atoms with Crippen LogP contribution in [0.2, 0.25) is 0 Å². The van der Waals surface area contributed by atoms with E-state index in [1.807, 2.05) is 29.4 Å². The number of hydrogen-bond donors (Lipinski definition) is 1. The summed E-state index contributed by atoms with van der Waals surface area (Å²) in [6, 6.07) is 7.18. The number of nitrogens with zero attached hydrogens (tertiary/aromatic N) is 3. The first-order chi connectivity index (χ1) is 11.7. The molecule has 0 radical (unpaired) electrons. The fourth-order valence-electron chi connectivity index (χ4n) is 3.44. The number of piperidine rings is 1. The number of phenolic OH excluding ortho intramolecular Hbond substituents is 1. The number of phenols is 1. The van der Waals surface area contributed by atoms with Crippen molar-refractivity contribution in [1.82, 2.24) is 14.5 Å². The molecule has 3 rings (SSSR count). The van der Waals surface area contributed by atoms with E-state index in [1.54, 1.807) is 12.1 Å². The molecule has 5 heteroatoms. The van der Waals surface area contributed by atoms with Crippen LogP contribution in [0.1, 0.15) is 50.0 Å². The molecular weight excluding hydrogens is 302 g/mol. The van der Waals surface area contributed by atoms with Crippen molar-refractivity contribution in [3.8, 4) is 5.75 Å². The summed E-state index contributed by atoms with van der Waals surface area (Å²) < 4.78 is 2.14. The van der Waals surface area contributed by atoms with Crippen molar-refractivity contribution >= 4 is 5.91 Å². The quantitative estimate of drug-likeness (QED) is 0.917. The highest BCUT2D eigenvalue weighted by molar-refractivity contribution is 5.77. The van der Waals surface area contributed by atoms with Gasteiger partial charge in [0.1, 0.15) is 11.6 Å². The van der Waals surface area contributed by atoms with Gasteiger partial charge in [-0.2, -0.15) is 0 Å². The number of rotatable bonds is 5. The average molecular weight is 327 g/mol. The maximum absolute atomic E-state index is 12.8. The molecule has 2 aromatic rings. The molecule has 1 N–H and O–H groups in total. The number of likely N-dealkylation sites (tertiary alicyclic amines) is 1. The van der Waals surface area contributed by atoms with E-state index < -0.39 is 0 Å². The van der Waals surface area contributed by atoms with Crippen molar-refractivity contribution < 1.29 is 9.90 Å². The Morgan fingerprint density at radius 2 is 2.08 bits per heavy atom. The van der Waals surface area contributed by atoms with Crippen LogP contribution in [0, 0.1) is 0 Å². The number of aromatic hydroxyl groups is 1. The van der Waals surface area contributed by atoms with Gasteiger partial charge in [0.15, 0.2) is 0 Å². The van der Waals surface area contributed by atoms with Crippen molar-refractivity contribution in [3.05, 3.63) is 48.0 Å². The lowest BCUT2D eigenvalue weighted by Crippen LogP contribution is -2.39. The summed E-state index contributed by atoms with van der Waals surface area (Å²) in [5, 5.41) is 9.34. The van der Waals surface area contributed by atoms with Crippen molar-refractivity contribution in [1.29, 1.82) is 0 Å². The molecule has 1 fully saturated rings. The minimum absolute atomic E-state index is 0.0982. The fraction of sp³-hybridized carbons (Fsp3) is 0.474. The minimum Gasteiger partial charge on any atom is -0.508 e. The highest BCUT2D eigenvalue weighted by atomic mass is 16.3. The average Bonchev–Trinajstić information content (AvgIpc) is 3.09. The van der Waals surface area contributed by atoms with Gasteiger partial charge in [0.25, 0.3) is 0 Å². The predicted molar refractivity (Wildman–Crippen MR) is 92.6 cm³/mol. The SMILES string of the molecule is CCn1ccnc1C1CCCCN1C(=O)CCc1ccc(O)cc1. The monoisotopic (exact) mass is 327 g/mol. The van der Waals surface area contributed by atoms with Crippen LogP contribution in [0.3, 0.4) is 0 Å². The topological polar surface area (TPSA) is 58.4 Å². The fourth-order valence-corrected chi connectivity index (χ4v) is 3.44. The predicted octanol–water partition coefficient (Wildman–Crippen LogP) is 3.30. The van der Waals surface area contributed by atoms with Gasteiger partial charge in [-0.25, -0.2) is 4.98 Å². The largest absolute Gasteiger partial charge is 0.508 e. The number of aryl methyl sites for hydroxylation is 2. The highest BCUT2D eigenvalue weighted by Crippen LogP contribution is 2.30. The van der Waals surface area contributed by atoms with Crippen LogP contribution >= 0.6 is 0 Å². The Morgan fingerprint density at radius 3 is 2.83 bits per heavy atom. The van der Waals surface area contributed by atoms with E-state index in [0.29, 0.717) is 12.8 Å². The number of benzene rings is 1. The van der Waals surface area contributed by atoms with E-state index in [9.17, 15) is 9.90 Å². The Bertz CT molecular complexity index is 678. The zero-order valence-corrected chi connectivity index (χ0v) is 14.2. The number of imidazole rings is 1. The first-order valence-corrected chi connectivity index (χ1v) is 8.77. The lowest BCUT2D eigenvalue weighted by molar-refractivity contribution is -0.135. The van der Waals surface area contributed by atoms with Crippen LogP contribution in [0.5, 0.6) is 5.75 Å². The molecule has 0 spiro atoms. The molecule has 24 heavy (non-hydrogen) atoms. The molecule has 1 amide bonds. The molecule has 1 aromatic carbocycles. The Labute approximate surface area is 142 Å². The van der Waals surface area contributed by atoms with Gasteiger partial charge in [0.05, 0.1) is 6.04 Å². The Hall–Kier alpha value is -2.30. The lowest BCUT2D eigenvalue weighted by Gasteiger charge is -2.35. The normalized spacial score (nSPS) is 17.9. The van der Waals surface area contributed by atoms with Gasteiger partial charge in [-0.3, -0.25) is 4.79 Å².